The Hall–Kier alpha value is -2.76. The van der Waals surface area contributed by atoms with E-state index < -0.39 is 5.97 Å². The van der Waals surface area contributed by atoms with E-state index in [1.165, 1.54) is 13.2 Å². The number of hydrogen-bond acceptors (Lipinski definition) is 4. The Labute approximate surface area is 132 Å². The normalized spacial score (nSPS) is 11.0. The van der Waals surface area contributed by atoms with Gasteiger partial charge in [0.15, 0.2) is 0 Å². The number of fused-ring (bicyclic) bond motifs is 1. The highest BCUT2D eigenvalue weighted by atomic mass is 19.1. The van der Waals surface area contributed by atoms with Crippen LogP contribution in [-0.2, 0) is 11.3 Å². The molecular weight excluding hydrogens is 297 g/mol. The molecule has 2 aromatic heterocycles. The predicted molar refractivity (Wildman–Crippen MR) is 83.8 cm³/mol. The third-order valence-corrected chi connectivity index (χ3v) is 3.89. The largest absolute Gasteiger partial charge is 0.465 e. The van der Waals surface area contributed by atoms with Crippen molar-refractivity contribution in [1.29, 1.82) is 0 Å². The van der Waals surface area contributed by atoms with E-state index in [1.807, 2.05) is 6.92 Å². The minimum Gasteiger partial charge on any atom is -0.465 e. The van der Waals surface area contributed by atoms with Gasteiger partial charge >= 0.3 is 5.97 Å². The third kappa shape index (κ3) is 2.56. The molecular formula is C17H16FN3O2. The number of aromatic nitrogens is 3. The average Bonchev–Trinajstić information content (AvgIpc) is 2.83. The van der Waals surface area contributed by atoms with Crippen LogP contribution in [0.25, 0.3) is 10.9 Å². The summed E-state index contributed by atoms with van der Waals surface area (Å²) in [6.45, 7) is 3.97. The van der Waals surface area contributed by atoms with E-state index in [2.05, 4.69) is 10.1 Å². The van der Waals surface area contributed by atoms with E-state index >= 15 is 0 Å². The van der Waals surface area contributed by atoms with Crippen LogP contribution in [-0.4, -0.2) is 27.8 Å². The molecule has 3 aromatic rings. The van der Waals surface area contributed by atoms with E-state index in [0.717, 1.165) is 5.56 Å². The van der Waals surface area contributed by atoms with Gasteiger partial charge in [-0.25, -0.2) is 9.18 Å². The SMILES string of the molecule is COC(=O)c1c(C)nn(Cc2ccc(F)c3cccnc23)c1C. The van der Waals surface area contributed by atoms with E-state index in [1.54, 1.807) is 36.0 Å². The first kappa shape index (κ1) is 15.1. The van der Waals surface area contributed by atoms with Crippen molar-refractivity contribution < 1.29 is 13.9 Å². The molecule has 0 unspecified atom stereocenters. The highest BCUT2D eigenvalue weighted by Crippen LogP contribution is 2.22. The summed E-state index contributed by atoms with van der Waals surface area (Å²) < 4.78 is 20.4. The summed E-state index contributed by atoms with van der Waals surface area (Å²) in [7, 11) is 1.34. The molecule has 3 rings (SSSR count). The molecule has 5 nitrogen and oxygen atoms in total. The van der Waals surface area contributed by atoms with E-state index in [4.69, 9.17) is 4.74 Å². The highest BCUT2D eigenvalue weighted by Gasteiger charge is 2.19. The minimum absolute atomic E-state index is 0.305. The molecule has 0 aliphatic heterocycles. The zero-order valence-electron chi connectivity index (χ0n) is 13.1. The van der Waals surface area contributed by atoms with Gasteiger partial charge in [0, 0.05) is 17.1 Å². The molecule has 0 bridgehead atoms. The van der Waals surface area contributed by atoms with Crippen LogP contribution in [0.4, 0.5) is 4.39 Å². The van der Waals surface area contributed by atoms with Crippen molar-refractivity contribution in [1.82, 2.24) is 14.8 Å². The Balaban J connectivity index is 2.07. The number of rotatable bonds is 3. The number of carbonyl (C=O) groups is 1. The second-order valence-electron chi connectivity index (χ2n) is 5.30. The quantitative estimate of drug-likeness (QED) is 0.697. The lowest BCUT2D eigenvalue weighted by Gasteiger charge is -2.08. The van der Waals surface area contributed by atoms with Gasteiger partial charge in [-0.1, -0.05) is 6.07 Å². The summed E-state index contributed by atoms with van der Waals surface area (Å²) in [6, 6.07) is 6.52. The molecule has 0 saturated carbocycles. The number of nitrogens with zero attached hydrogens (tertiary/aromatic N) is 3. The Morgan fingerprint density at radius 3 is 2.83 bits per heavy atom. The molecule has 0 atom stereocenters. The Bertz CT molecular complexity index is 902. The molecule has 23 heavy (non-hydrogen) atoms. The Kier molecular flexibility index (Phi) is 3.82. The zero-order chi connectivity index (χ0) is 16.6. The number of hydrogen-bond donors (Lipinski definition) is 0. The van der Waals surface area contributed by atoms with Crippen LogP contribution in [0.1, 0.15) is 27.3 Å². The van der Waals surface area contributed by atoms with E-state index in [0.29, 0.717) is 34.4 Å². The summed E-state index contributed by atoms with van der Waals surface area (Å²) in [4.78, 5) is 16.1. The van der Waals surface area contributed by atoms with Gasteiger partial charge in [0.2, 0.25) is 0 Å². The van der Waals surface area contributed by atoms with Crippen molar-refractivity contribution in [3.8, 4) is 0 Å². The molecule has 0 amide bonds. The van der Waals surface area contributed by atoms with Crippen molar-refractivity contribution in [3.05, 3.63) is 58.8 Å². The van der Waals surface area contributed by atoms with Crippen molar-refractivity contribution in [3.63, 3.8) is 0 Å². The monoisotopic (exact) mass is 313 g/mol. The average molecular weight is 313 g/mol. The number of carbonyl (C=O) groups excluding carboxylic acids is 1. The van der Waals surface area contributed by atoms with Crippen LogP contribution in [0, 0.1) is 19.7 Å². The molecule has 1 aromatic carbocycles. The van der Waals surface area contributed by atoms with Crippen molar-refractivity contribution in [2.45, 2.75) is 20.4 Å². The highest BCUT2D eigenvalue weighted by molar-refractivity contribution is 5.91. The lowest BCUT2D eigenvalue weighted by Crippen LogP contribution is -2.08. The van der Waals surface area contributed by atoms with Gasteiger partial charge in [-0.2, -0.15) is 5.10 Å². The molecule has 2 heterocycles. The summed E-state index contributed by atoms with van der Waals surface area (Å²) >= 11 is 0. The summed E-state index contributed by atoms with van der Waals surface area (Å²) in [5.74, 6) is -0.714. The van der Waals surface area contributed by atoms with Crippen LogP contribution in [0.3, 0.4) is 0 Å². The third-order valence-electron chi connectivity index (χ3n) is 3.89. The summed E-state index contributed by atoms with van der Waals surface area (Å²) in [5, 5.41) is 4.87. The number of pyridine rings is 1. The van der Waals surface area contributed by atoms with Gasteiger partial charge in [-0.3, -0.25) is 9.67 Å². The van der Waals surface area contributed by atoms with Crippen molar-refractivity contribution in [2.24, 2.45) is 0 Å². The fourth-order valence-corrected chi connectivity index (χ4v) is 2.73. The summed E-state index contributed by atoms with van der Waals surface area (Å²) in [6.07, 6.45) is 1.63. The van der Waals surface area contributed by atoms with Gasteiger partial charge in [0.1, 0.15) is 11.4 Å². The molecule has 0 aliphatic rings. The zero-order valence-corrected chi connectivity index (χ0v) is 13.1. The fourth-order valence-electron chi connectivity index (χ4n) is 2.73. The first-order valence-electron chi connectivity index (χ1n) is 7.17. The van der Waals surface area contributed by atoms with Gasteiger partial charge in [0.05, 0.1) is 30.6 Å². The summed E-state index contributed by atoms with van der Waals surface area (Å²) in [5.41, 5.74) is 3.21. The Morgan fingerprint density at radius 1 is 1.30 bits per heavy atom. The van der Waals surface area contributed by atoms with Crippen LogP contribution >= 0.6 is 0 Å². The van der Waals surface area contributed by atoms with Crippen LogP contribution in [0.15, 0.2) is 30.5 Å². The first-order chi connectivity index (χ1) is 11.0. The lowest BCUT2D eigenvalue weighted by atomic mass is 10.1. The number of ether oxygens (including phenoxy) is 1. The van der Waals surface area contributed by atoms with Crippen LogP contribution in [0.2, 0.25) is 0 Å². The molecule has 0 radical (unpaired) electrons. The van der Waals surface area contributed by atoms with Crippen LogP contribution < -0.4 is 0 Å². The topological polar surface area (TPSA) is 57.0 Å². The maximum Gasteiger partial charge on any atom is 0.341 e. The first-order valence-corrected chi connectivity index (χ1v) is 7.17. The molecule has 0 fully saturated rings. The molecule has 6 heteroatoms. The standard InChI is InChI=1S/C17H16FN3O2/c1-10-15(17(22)23-3)11(2)21(20-10)9-12-6-7-14(18)13-5-4-8-19-16(12)13/h4-8H,9H2,1-3H3. The van der Waals surface area contributed by atoms with Crippen molar-refractivity contribution in [2.75, 3.05) is 7.11 Å². The smallest absolute Gasteiger partial charge is 0.341 e. The van der Waals surface area contributed by atoms with Gasteiger partial charge < -0.3 is 4.74 Å². The molecule has 0 aliphatic carbocycles. The molecule has 0 saturated heterocycles. The van der Waals surface area contributed by atoms with Crippen molar-refractivity contribution >= 4 is 16.9 Å². The van der Waals surface area contributed by atoms with Gasteiger partial charge in [-0.05, 0) is 32.0 Å². The van der Waals surface area contributed by atoms with E-state index in [9.17, 15) is 9.18 Å². The van der Waals surface area contributed by atoms with Gasteiger partial charge in [-0.15, -0.1) is 0 Å². The number of esters is 1. The minimum atomic E-state index is -0.409. The number of aryl methyl sites for hydroxylation is 1. The van der Waals surface area contributed by atoms with E-state index in [-0.39, 0.29) is 5.82 Å². The molecule has 118 valence electrons. The second-order valence-corrected chi connectivity index (χ2v) is 5.30. The number of halogens is 1. The fraction of sp³-hybridized carbons (Fsp3) is 0.235. The van der Waals surface area contributed by atoms with Crippen LogP contribution in [0.5, 0.6) is 0 Å². The lowest BCUT2D eigenvalue weighted by molar-refractivity contribution is 0.0599. The number of benzene rings is 1. The predicted octanol–water partition coefficient (Wildman–Crippen LogP) is 3.02. The number of methoxy groups -OCH3 is 1. The maximum absolute atomic E-state index is 13.9. The molecule has 0 spiro atoms. The molecule has 0 N–H and O–H groups in total. The Morgan fingerprint density at radius 2 is 2.09 bits per heavy atom. The second kappa shape index (κ2) is 5.79. The van der Waals surface area contributed by atoms with Gasteiger partial charge in [0.25, 0.3) is 0 Å². The maximum atomic E-state index is 13.9.